The predicted molar refractivity (Wildman–Crippen MR) is 108 cm³/mol. The molecule has 0 spiro atoms. The van der Waals surface area contributed by atoms with E-state index in [4.69, 9.17) is 9.47 Å². The molecule has 0 radical (unpaired) electrons. The van der Waals surface area contributed by atoms with E-state index in [1.54, 1.807) is 35.2 Å². The number of para-hydroxylation sites is 1. The highest BCUT2D eigenvalue weighted by molar-refractivity contribution is 6.13. The monoisotopic (exact) mass is 386 g/mol. The molecule has 2 amide bonds. The van der Waals surface area contributed by atoms with Crippen LogP contribution in [0.5, 0.6) is 11.5 Å². The average Bonchev–Trinajstić information content (AvgIpc) is 3.38. The summed E-state index contributed by atoms with van der Waals surface area (Å²) < 4.78 is 10.7. The Balaban J connectivity index is 1.45. The molecule has 6 nitrogen and oxygen atoms in total. The number of benzene rings is 3. The Morgan fingerprint density at radius 2 is 1.66 bits per heavy atom. The molecular formula is C23H18N2O4. The van der Waals surface area contributed by atoms with Crippen molar-refractivity contribution in [1.82, 2.24) is 0 Å². The molecule has 0 bridgehead atoms. The quantitative estimate of drug-likeness (QED) is 0.747. The van der Waals surface area contributed by atoms with Crippen molar-refractivity contribution in [2.45, 2.75) is 12.5 Å². The van der Waals surface area contributed by atoms with Crippen molar-refractivity contribution in [2.24, 2.45) is 0 Å². The minimum absolute atomic E-state index is 0.171. The highest BCUT2D eigenvalue weighted by Gasteiger charge is 2.38. The van der Waals surface area contributed by atoms with Crippen LogP contribution in [0.25, 0.3) is 0 Å². The molecule has 0 aliphatic carbocycles. The first kappa shape index (κ1) is 17.3. The summed E-state index contributed by atoms with van der Waals surface area (Å²) in [6, 6.07) is 21.3. The Hall–Kier alpha value is -3.80. The number of anilines is 2. The van der Waals surface area contributed by atoms with Gasteiger partial charge in [0.15, 0.2) is 11.5 Å². The molecule has 0 saturated carbocycles. The molecule has 1 atom stereocenters. The maximum Gasteiger partial charge on any atom is 0.259 e. The van der Waals surface area contributed by atoms with Crippen molar-refractivity contribution in [3.8, 4) is 11.5 Å². The summed E-state index contributed by atoms with van der Waals surface area (Å²) in [5, 5.41) is 2.92. The summed E-state index contributed by atoms with van der Waals surface area (Å²) in [4.78, 5) is 28.0. The lowest BCUT2D eigenvalue weighted by Gasteiger charge is -2.25. The van der Waals surface area contributed by atoms with E-state index in [0.29, 0.717) is 29.2 Å². The van der Waals surface area contributed by atoms with E-state index in [1.165, 1.54) is 0 Å². The number of rotatable bonds is 3. The van der Waals surface area contributed by atoms with E-state index in [0.717, 1.165) is 11.3 Å². The van der Waals surface area contributed by atoms with Gasteiger partial charge in [0, 0.05) is 29.4 Å². The van der Waals surface area contributed by atoms with Crippen molar-refractivity contribution >= 4 is 23.2 Å². The van der Waals surface area contributed by atoms with Gasteiger partial charge in [0.2, 0.25) is 12.7 Å². The number of ether oxygens (including phenoxy) is 2. The Morgan fingerprint density at radius 1 is 0.897 bits per heavy atom. The van der Waals surface area contributed by atoms with Crippen LogP contribution < -0.4 is 19.7 Å². The fourth-order valence-electron chi connectivity index (χ4n) is 3.77. The van der Waals surface area contributed by atoms with E-state index in [1.807, 2.05) is 42.5 Å². The maximum absolute atomic E-state index is 13.2. The number of carbonyl (C=O) groups is 2. The van der Waals surface area contributed by atoms with Gasteiger partial charge >= 0.3 is 0 Å². The van der Waals surface area contributed by atoms with Gasteiger partial charge in [-0.3, -0.25) is 14.5 Å². The van der Waals surface area contributed by atoms with Crippen LogP contribution in [0.3, 0.4) is 0 Å². The summed E-state index contributed by atoms with van der Waals surface area (Å²) in [6.45, 7) is 0.171. The smallest absolute Gasteiger partial charge is 0.259 e. The number of nitrogens with one attached hydrogen (secondary N) is 1. The molecule has 6 heteroatoms. The molecular weight excluding hydrogens is 368 g/mol. The Labute approximate surface area is 167 Å². The average molecular weight is 386 g/mol. The minimum atomic E-state index is -0.634. The van der Waals surface area contributed by atoms with Gasteiger partial charge in [0.25, 0.3) is 5.91 Å². The standard InChI is InChI=1S/C23H18N2O4/c26-22(24-17-10-11-20-21(13-17)29-14-28-20)19-12-16-8-4-5-9-18(16)25(19)23(27)15-6-2-1-3-7-15/h1-11,13,19H,12,14H2,(H,24,26). The molecule has 144 valence electrons. The summed E-state index contributed by atoms with van der Waals surface area (Å²) in [5.74, 6) is 0.803. The topological polar surface area (TPSA) is 67.9 Å². The number of fused-ring (bicyclic) bond motifs is 2. The van der Waals surface area contributed by atoms with E-state index < -0.39 is 6.04 Å². The van der Waals surface area contributed by atoms with Crippen molar-refractivity contribution in [3.63, 3.8) is 0 Å². The molecule has 3 aromatic rings. The summed E-state index contributed by atoms with van der Waals surface area (Å²) in [5.41, 5.74) is 2.89. The highest BCUT2D eigenvalue weighted by atomic mass is 16.7. The predicted octanol–water partition coefficient (Wildman–Crippen LogP) is 3.63. The highest BCUT2D eigenvalue weighted by Crippen LogP contribution is 2.36. The largest absolute Gasteiger partial charge is 0.454 e. The molecule has 0 fully saturated rings. The molecule has 3 aromatic carbocycles. The Bertz CT molecular complexity index is 1100. The summed E-state index contributed by atoms with van der Waals surface area (Å²) in [6.07, 6.45) is 0.463. The summed E-state index contributed by atoms with van der Waals surface area (Å²) >= 11 is 0. The first-order chi connectivity index (χ1) is 14.2. The lowest BCUT2D eigenvalue weighted by atomic mass is 10.1. The third-order valence-electron chi connectivity index (χ3n) is 5.16. The third kappa shape index (κ3) is 3.08. The van der Waals surface area contributed by atoms with Crippen molar-refractivity contribution < 1.29 is 19.1 Å². The van der Waals surface area contributed by atoms with Gasteiger partial charge in [-0.1, -0.05) is 36.4 Å². The molecule has 0 aromatic heterocycles. The van der Waals surface area contributed by atoms with Gasteiger partial charge in [0.05, 0.1) is 0 Å². The number of nitrogens with zero attached hydrogens (tertiary/aromatic N) is 1. The number of hydrogen-bond acceptors (Lipinski definition) is 4. The van der Waals surface area contributed by atoms with Crippen molar-refractivity contribution in [3.05, 3.63) is 83.9 Å². The first-order valence-electron chi connectivity index (χ1n) is 9.38. The third-order valence-corrected chi connectivity index (χ3v) is 5.16. The number of carbonyl (C=O) groups excluding carboxylic acids is 2. The first-order valence-corrected chi connectivity index (χ1v) is 9.38. The zero-order chi connectivity index (χ0) is 19.8. The van der Waals surface area contributed by atoms with Crippen LogP contribution in [0.15, 0.2) is 72.8 Å². The van der Waals surface area contributed by atoms with Gasteiger partial charge in [-0.2, -0.15) is 0 Å². The fourth-order valence-corrected chi connectivity index (χ4v) is 3.77. The zero-order valence-corrected chi connectivity index (χ0v) is 15.5. The zero-order valence-electron chi connectivity index (χ0n) is 15.5. The van der Waals surface area contributed by atoms with Crippen molar-refractivity contribution in [1.29, 1.82) is 0 Å². The minimum Gasteiger partial charge on any atom is -0.454 e. The SMILES string of the molecule is O=C(Nc1ccc2c(c1)OCO2)C1Cc2ccccc2N1C(=O)c1ccccc1. The van der Waals surface area contributed by atoms with Crippen LogP contribution >= 0.6 is 0 Å². The molecule has 29 heavy (non-hydrogen) atoms. The van der Waals surface area contributed by atoms with Crippen LogP contribution in [-0.4, -0.2) is 24.6 Å². The van der Waals surface area contributed by atoms with Crippen LogP contribution in [0.2, 0.25) is 0 Å². The van der Waals surface area contributed by atoms with Crippen molar-refractivity contribution in [2.75, 3.05) is 17.0 Å². The van der Waals surface area contributed by atoms with Gasteiger partial charge < -0.3 is 14.8 Å². The lowest BCUT2D eigenvalue weighted by molar-refractivity contribution is -0.117. The molecule has 5 rings (SSSR count). The number of hydrogen-bond donors (Lipinski definition) is 1. The second-order valence-corrected chi connectivity index (χ2v) is 6.95. The molecule has 1 unspecified atom stereocenters. The lowest BCUT2D eigenvalue weighted by Crippen LogP contribution is -2.45. The van der Waals surface area contributed by atoms with Gasteiger partial charge in [0.1, 0.15) is 6.04 Å². The van der Waals surface area contributed by atoms with E-state index in [9.17, 15) is 9.59 Å². The Kier molecular flexibility index (Phi) is 4.17. The molecule has 1 N–H and O–H groups in total. The molecule has 2 heterocycles. The van der Waals surface area contributed by atoms with Gasteiger partial charge in [-0.15, -0.1) is 0 Å². The van der Waals surface area contributed by atoms with Crippen LogP contribution in [0, 0.1) is 0 Å². The van der Waals surface area contributed by atoms with Gasteiger partial charge in [-0.25, -0.2) is 0 Å². The normalized spacial score (nSPS) is 16.4. The van der Waals surface area contributed by atoms with Crippen LogP contribution in [0.4, 0.5) is 11.4 Å². The fraction of sp³-hybridized carbons (Fsp3) is 0.130. The second kappa shape index (κ2) is 6.98. The number of amides is 2. The van der Waals surface area contributed by atoms with Gasteiger partial charge in [-0.05, 0) is 35.9 Å². The van der Waals surface area contributed by atoms with E-state index >= 15 is 0 Å². The van der Waals surface area contributed by atoms with Crippen LogP contribution in [0.1, 0.15) is 15.9 Å². The van der Waals surface area contributed by atoms with E-state index in [-0.39, 0.29) is 18.6 Å². The Morgan fingerprint density at radius 3 is 2.52 bits per heavy atom. The van der Waals surface area contributed by atoms with E-state index in [2.05, 4.69) is 5.32 Å². The van der Waals surface area contributed by atoms with Crippen LogP contribution in [-0.2, 0) is 11.2 Å². The second-order valence-electron chi connectivity index (χ2n) is 6.95. The molecule has 2 aliphatic rings. The maximum atomic E-state index is 13.2. The molecule has 0 saturated heterocycles. The summed E-state index contributed by atoms with van der Waals surface area (Å²) in [7, 11) is 0. The molecule has 2 aliphatic heterocycles.